The van der Waals surface area contributed by atoms with Crippen LogP contribution in [0.3, 0.4) is 0 Å². The van der Waals surface area contributed by atoms with Crippen molar-refractivity contribution in [2.45, 2.75) is 56.4 Å². The predicted molar refractivity (Wildman–Crippen MR) is 166 cm³/mol. The smallest absolute Gasteiger partial charge is 0.411 e. The van der Waals surface area contributed by atoms with Gasteiger partial charge in [0.25, 0.3) is 5.91 Å². The van der Waals surface area contributed by atoms with E-state index in [0.29, 0.717) is 18.0 Å². The Kier molecular flexibility index (Phi) is 10.3. The van der Waals surface area contributed by atoms with E-state index < -0.39 is 40.3 Å². The van der Waals surface area contributed by atoms with Crippen molar-refractivity contribution in [3.05, 3.63) is 90.0 Å². The lowest BCUT2D eigenvalue weighted by molar-refractivity contribution is -0.129. The number of carbonyl (C=O) groups is 2. The molecule has 0 spiro atoms. The summed E-state index contributed by atoms with van der Waals surface area (Å²) >= 11 is 0. The number of carbonyl (C=O) groups excluding carboxylic acids is 2. The van der Waals surface area contributed by atoms with E-state index in [0.717, 1.165) is 17.5 Å². The molecule has 1 fully saturated rings. The normalized spacial score (nSPS) is 18.0. The van der Waals surface area contributed by atoms with Crippen molar-refractivity contribution in [2.24, 2.45) is 5.92 Å². The van der Waals surface area contributed by atoms with Crippen molar-refractivity contribution in [1.82, 2.24) is 14.5 Å². The number of cyclic esters (lactones) is 1. The van der Waals surface area contributed by atoms with Gasteiger partial charge in [-0.2, -0.15) is 4.31 Å². The minimum atomic E-state index is -4.07. The largest absolute Gasteiger partial charge is 0.454 e. The van der Waals surface area contributed by atoms with E-state index in [1.165, 1.54) is 21.3 Å². The zero-order valence-corrected chi connectivity index (χ0v) is 26.2. The van der Waals surface area contributed by atoms with Crippen LogP contribution in [0.1, 0.15) is 31.4 Å². The first kappa shape index (κ1) is 32.3. The second-order valence-corrected chi connectivity index (χ2v) is 13.4. The fourth-order valence-corrected chi connectivity index (χ4v) is 6.87. The Bertz CT molecular complexity index is 1570. The van der Waals surface area contributed by atoms with Crippen LogP contribution in [-0.2, 0) is 32.5 Å². The molecule has 2 heterocycles. The maximum Gasteiger partial charge on any atom is 0.411 e. The van der Waals surface area contributed by atoms with Crippen LogP contribution in [0.25, 0.3) is 0 Å². The minimum Gasteiger partial charge on any atom is -0.454 e. The molecule has 0 aromatic heterocycles. The summed E-state index contributed by atoms with van der Waals surface area (Å²) in [5, 5.41) is 14.5. The molecule has 0 aliphatic carbocycles. The molecule has 0 radical (unpaired) electrons. The molecule has 2 aliphatic heterocycles. The van der Waals surface area contributed by atoms with Gasteiger partial charge in [-0.25, -0.2) is 13.2 Å². The number of nitrogens with one attached hydrogen (secondary N) is 1. The Morgan fingerprint density at radius 1 is 1.00 bits per heavy atom. The molecule has 0 saturated carbocycles. The van der Waals surface area contributed by atoms with E-state index in [1.807, 2.05) is 74.5 Å². The summed E-state index contributed by atoms with van der Waals surface area (Å²) in [5.41, 5.74) is 1.74. The van der Waals surface area contributed by atoms with Gasteiger partial charge in [-0.1, -0.05) is 80.9 Å². The number of benzene rings is 3. The number of aliphatic hydroxyl groups excluding tert-OH is 1. The van der Waals surface area contributed by atoms with Gasteiger partial charge >= 0.3 is 6.09 Å². The summed E-state index contributed by atoms with van der Waals surface area (Å²) in [6.07, 6.45) is -2.03. The zero-order chi connectivity index (χ0) is 32.0. The van der Waals surface area contributed by atoms with Gasteiger partial charge in [0, 0.05) is 25.7 Å². The molecule has 11 nitrogen and oxygen atoms in total. The van der Waals surface area contributed by atoms with Crippen LogP contribution < -0.4 is 14.8 Å². The molecule has 5 rings (SSSR count). The lowest BCUT2D eigenvalue weighted by Gasteiger charge is -2.31. The molecular formula is C33H39N3O8S. The highest BCUT2D eigenvalue weighted by atomic mass is 32.2. The maximum absolute atomic E-state index is 13.9. The van der Waals surface area contributed by atoms with Crippen molar-refractivity contribution >= 4 is 22.0 Å². The molecule has 2 aliphatic rings. The first-order valence-electron chi connectivity index (χ1n) is 15.1. The number of amides is 2. The maximum atomic E-state index is 13.9. The van der Waals surface area contributed by atoms with Gasteiger partial charge in [-0.3, -0.25) is 9.69 Å². The highest BCUT2D eigenvalue weighted by Crippen LogP contribution is 2.35. The number of aliphatic hydroxyl groups is 1. The van der Waals surface area contributed by atoms with Crippen molar-refractivity contribution in [2.75, 3.05) is 26.4 Å². The van der Waals surface area contributed by atoms with Crippen LogP contribution in [0.15, 0.2) is 83.8 Å². The average Bonchev–Trinajstić information content (AvgIpc) is 3.67. The Morgan fingerprint density at radius 3 is 2.36 bits per heavy atom. The van der Waals surface area contributed by atoms with Gasteiger partial charge in [0.05, 0.1) is 23.6 Å². The molecule has 1 saturated heterocycles. The molecule has 0 bridgehead atoms. The Morgan fingerprint density at radius 2 is 1.67 bits per heavy atom. The molecular weight excluding hydrogens is 598 g/mol. The molecule has 3 aromatic carbocycles. The Balaban J connectivity index is 1.34. The highest BCUT2D eigenvalue weighted by molar-refractivity contribution is 7.89. The third-order valence-electron chi connectivity index (χ3n) is 8.07. The van der Waals surface area contributed by atoms with Crippen LogP contribution in [0.5, 0.6) is 11.5 Å². The van der Waals surface area contributed by atoms with Gasteiger partial charge < -0.3 is 24.6 Å². The quantitative estimate of drug-likeness (QED) is 0.274. The third-order valence-corrected chi connectivity index (χ3v) is 9.90. The molecule has 4 atom stereocenters. The van der Waals surface area contributed by atoms with Crippen molar-refractivity contribution < 1.29 is 37.3 Å². The molecule has 45 heavy (non-hydrogen) atoms. The van der Waals surface area contributed by atoms with Crippen LogP contribution in [0.2, 0.25) is 0 Å². The second kappa shape index (κ2) is 14.3. The SMILES string of the molecule is CC[C@@H](C)CN(C[C@@H](O)C(Cc1ccccc1)NC(=O)C1CN(Cc2ccccc2)C(=O)O1)S(=O)(=O)c1ccc2c(c1)OCO2. The van der Waals surface area contributed by atoms with E-state index >= 15 is 0 Å². The van der Waals surface area contributed by atoms with Gasteiger partial charge in [0.1, 0.15) is 0 Å². The molecule has 12 heteroatoms. The molecule has 2 amide bonds. The number of fused-ring (bicyclic) bond motifs is 1. The molecule has 3 aromatic rings. The van der Waals surface area contributed by atoms with Crippen molar-refractivity contribution in [3.63, 3.8) is 0 Å². The highest BCUT2D eigenvalue weighted by Gasteiger charge is 2.38. The monoisotopic (exact) mass is 637 g/mol. The molecule has 2 N–H and O–H groups in total. The topological polar surface area (TPSA) is 135 Å². The first-order chi connectivity index (χ1) is 21.6. The van der Waals surface area contributed by atoms with Gasteiger partial charge in [-0.15, -0.1) is 0 Å². The lowest BCUT2D eigenvalue weighted by atomic mass is 10.0. The Hall–Kier alpha value is -4.13. The number of sulfonamides is 1. The number of hydrogen-bond acceptors (Lipinski definition) is 8. The average molecular weight is 638 g/mol. The van der Waals surface area contributed by atoms with Gasteiger partial charge in [0.15, 0.2) is 17.6 Å². The first-order valence-corrected chi connectivity index (χ1v) is 16.5. The van der Waals surface area contributed by atoms with Crippen LogP contribution in [0.4, 0.5) is 4.79 Å². The van der Waals surface area contributed by atoms with Gasteiger partial charge in [0.2, 0.25) is 16.8 Å². The zero-order valence-electron chi connectivity index (χ0n) is 25.4. The van der Waals surface area contributed by atoms with Crippen LogP contribution in [-0.4, -0.2) is 79.4 Å². The minimum absolute atomic E-state index is 0.00310. The third kappa shape index (κ3) is 7.94. The van der Waals surface area contributed by atoms with Gasteiger partial charge in [-0.05, 0) is 35.6 Å². The molecule has 2 unspecified atom stereocenters. The summed E-state index contributed by atoms with van der Waals surface area (Å²) in [6, 6.07) is 22.2. The number of rotatable bonds is 14. The number of nitrogens with zero attached hydrogens (tertiary/aromatic N) is 2. The molecule has 240 valence electrons. The van der Waals surface area contributed by atoms with E-state index in [1.54, 1.807) is 6.07 Å². The fourth-order valence-electron chi connectivity index (χ4n) is 5.27. The predicted octanol–water partition coefficient (Wildman–Crippen LogP) is 3.56. The number of ether oxygens (including phenoxy) is 3. The summed E-state index contributed by atoms with van der Waals surface area (Å²) in [4.78, 5) is 27.5. The standard InChI is InChI=1S/C33H39N3O8S/c1-3-23(2)18-36(45(40,41)26-14-15-29-30(17-26)43-22-42-29)20-28(37)27(16-24-10-6-4-7-11-24)34-32(38)31-21-35(33(39)44-31)19-25-12-8-5-9-13-25/h4-15,17,23,27-28,31,37H,3,16,18-22H2,1-2H3,(H,34,38)/t23-,27?,28-,31?/m1/s1. The fraction of sp³-hybridized carbons (Fsp3) is 0.394. The van der Waals surface area contributed by atoms with Crippen molar-refractivity contribution in [1.29, 1.82) is 0 Å². The van der Waals surface area contributed by atoms with Crippen LogP contribution >= 0.6 is 0 Å². The summed E-state index contributed by atoms with van der Waals surface area (Å²) < 4.78 is 45.2. The Labute approximate surface area is 263 Å². The summed E-state index contributed by atoms with van der Waals surface area (Å²) in [5.74, 6) is 0.229. The summed E-state index contributed by atoms with van der Waals surface area (Å²) in [6.45, 7) is 4.14. The number of hydrogen-bond donors (Lipinski definition) is 2. The van der Waals surface area contributed by atoms with E-state index in [4.69, 9.17) is 14.2 Å². The summed E-state index contributed by atoms with van der Waals surface area (Å²) in [7, 11) is -4.07. The second-order valence-electron chi connectivity index (χ2n) is 11.5. The van der Waals surface area contributed by atoms with Crippen molar-refractivity contribution in [3.8, 4) is 11.5 Å². The van der Waals surface area contributed by atoms with Crippen LogP contribution in [0, 0.1) is 5.92 Å². The van der Waals surface area contributed by atoms with E-state index in [9.17, 15) is 23.1 Å². The van der Waals surface area contributed by atoms with E-state index in [-0.39, 0.29) is 43.7 Å². The van der Waals surface area contributed by atoms with E-state index in [2.05, 4.69) is 5.32 Å². The lowest BCUT2D eigenvalue weighted by Crippen LogP contribution is -2.53.